The Morgan fingerprint density at radius 3 is 2.42 bits per heavy atom. The molecule has 2 aromatic heterocycles. The van der Waals surface area contributed by atoms with Crippen LogP contribution >= 0.6 is 0 Å². The number of benzene rings is 1. The summed E-state index contributed by atoms with van der Waals surface area (Å²) in [7, 11) is 1.35. The lowest BCUT2D eigenvalue weighted by Gasteiger charge is -2.39. The zero-order valence-corrected chi connectivity index (χ0v) is 20.0. The first kappa shape index (κ1) is 23.1. The smallest absolute Gasteiger partial charge is 0.339 e. The summed E-state index contributed by atoms with van der Waals surface area (Å²) in [5.74, 6) is 0.0340. The van der Waals surface area contributed by atoms with Crippen LogP contribution in [-0.4, -0.2) is 41.4 Å². The van der Waals surface area contributed by atoms with Crippen molar-refractivity contribution < 1.29 is 27.6 Å². The fourth-order valence-electron chi connectivity index (χ4n) is 5.66. The lowest BCUT2D eigenvalue weighted by atomic mass is 9.99. The molecular weight excluding hydrogens is 468 g/mol. The summed E-state index contributed by atoms with van der Waals surface area (Å²) in [6.07, 6.45) is 7.24. The van der Waals surface area contributed by atoms with Gasteiger partial charge in [-0.25, -0.2) is 18.6 Å². The molecule has 1 unspecified atom stereocenters. The Kier molecular flexibility index (Phi) is 5.95. The van der Waals surface area contributed by atoms with Gasteiger partial charge in [0.25, 0.3) is 0 Å². The lowest BCUT2D eigenvalue weighted by Crippen LogP contribution is -2.46. The van der Waals surface area contributed by atoms with Gasteiger partial charge in [-0.2, -0.15) is 0 Å². The quantitative estimate of drug-likeness (QED) is 0.407. The monoisotopic (exact) mass is 495 g/mol. The Hall–Kier alpha value is -3.33. The predicted octanol–water partition coefficient (Wildman–Crippen LogP) is 5.40. The van der Waals surface area contributed by atoms with E-state index in [0.29, 0.717) is 16.9 Å². The van der Waals surface area contributed by atoms with E-state index in [4.69, 9.17) is 14.0 Å². The summed E-state index contributed by atoms with van der Waals surface area (Å²) >= 11 is 0. The largest absolute Gasteiger partial charge is 0.465 e. The van der Waals surface area contributed by atoms with Gasteiger partial charge in [0.15, 0.2) is 0 Å². The molecule has 1 saturated carbocycles. The normalized spacial score (nSPS) is 23.2. The third-order valence-electron chi connectivity index (χ3n) is 7.55. The van der Waals surface area contributed by atoms with E-state index in [0.717, 1.165) is 44.3 Å². The van der Waals surface area contributed by atoms with Crippen LogP contribution in [0.25, 0.3) is 11.3 Å². The van der Waals surface area contributed by atoms with Gasteiger partial charge in [0.1, 0.15) is 28.9 Å². The number of anilines is 1. The first-order valence-corrected chi connectivity index (χ1v) is 12.4. The van der Waals surface area contributed by atoms with Gasteiger partial charge in [-0.05, 0) is 62.8 Å². The number of ether oxygens (including phenoxy) is 2. The number of esters is 1. The molecule has 3 atom stereocenters. The topological polar surface area (TPSA) is 77.7 Å². The molecule has 0 N–H and O–H groups in total. The summed E-state index contributed by atoms with van der Waals surface area (Å²) in [4.78, 5) is 18.6. The number of carbonyl (C=O) groups excluding carboxylic acids is 1. The number of halogens is 2. The van der Waals surface area contributed by atoms with E-state index < -0.39 is 17.6 Å². The maximum Gasteiger partial charge on any atom is 0.339 e. The van der Waals surface area contributed by atoms with Crippen molar-refractivity contribution in [3.8, 4) is 11.3 Å². The van der Waals surface area contributed by atoms with E-state index in [2.05, 4.69) is 15.0 Å². The van der Waals surface area contributed by atoms with Crippen LogP contribution in [-0.2, 0) is 16.1 Å². The summed E-state index contributed by atoms with van der Waals surface area (Å²) in [6, 6.07) is 7.96. The molecule has 1 aromatic carbocycles. The highest BCUT2D eigenvalue weighted by Crippen LogP contribution is 2.45. The minimum Gasteiger partial charge on any atom is -0.465 e. The molecular formula is C27H27F2N3O4. The molecule has 0 radical (unpaired) electrons. The van der Waals surface area contributed by atoms with Crippen LogP contribution in [0.5, 0.6) is 0 Å². The van der Waals surface area contributed by atoms with Crippen LogP contribution in [0.1, 0.15) is 66.1 Å². The second kappa shape index (κ2) is 9.28. The summed E-state index contributed by atoms with van der Waals surface area (Å²) in [5.41, 5.74) is 1.11. The molecule has 3 aromatic rings. The van der Waals surface area contributed by atoms with Crippen molar-refractivity contribution in [2.75, 3.05) is 12.0 Å². The van der Waals surface area contributed by atoms with Crippen LogP contribution < -0.4 is 4.90 Å². The maximum absolute atomic E-state index is 14.5. The third kappa shape index (κ3) is 4.15. The molecule has 9 heteroatoms. The number of pyridine rings is 1. The van der Waals surface area contributed by atoms with Gasteiger partial charge in [0.2, 0.25) is 0 Å². The van der Waals surface area contributed by atoms with Crippen molar-refractivity contribution in [1.29, 1.82) is 0 Å². The van der Waals surface area contributed by atoms with Crippen LogP contribution in [0, 0.1) is 11.6 Å². The number of rotatable bonds is 7. The Morgan fingerprint density at radius 2 is 1.81 bits per heavy atom. The molecule has 4 heterocycles. The van der Waals surface area contributed by atoms with Gasteiger partial charge in [-0.1, -0.05) is 11.2 Å². The molecule has 2 aliphatic heterocycles. The van der Waals surface area contributed by atoms with Crippen LogP contribution in [0.3, 0.4) is 0 Å². The maximum atomic E-state index is 14.5. The van der Waals surface area contributed by atoms with Crippen molar-refractivity contribution in [3.05, 3.63) is 65.1 Å². The summed E-state index contributed by atoms with van der Waals surface area (Å²) < 4.78 is 45.8. The van der Waals surface area contributed by atoms with Gasteiger partial charge in [-0.15, -0.1) is 0 Å². The zero-order valence-electron chi connectivity index (χ0n) is 20.0. The fourth-order valence-corrected chi connectivity index (χ4v) is 5.66. The van der Waals surface area contributed by atoms with Crippen LogP contribution in [0.4, 0.5) is 14.6 Å². The molecule has 2 bridgehead atoms. The number of methoxy groups -OCH3 is 1. The van der Waals surface area contributed by atoms with E-state index in [9.17, 15) is 13.6 Å². The van der Waals surface area contributed by atoms with Crippen molar-refractivity contribution in [2.45, 2.75) is 69.2 Å². The Morgan fingerprint density at radius 1 is 1.08 bits per heavy atom. The number of aromatic nitrogens is 2. The van der Waals surface area contributed by atoms with Gasteiger partial charge in [-0.3, -0.25) is 0 Å². The molecule has 0 spiro atoms. The predicted molar refractivity (Wildman–Crippen MR) is 127 cm³/mol. The van der Waals surface area contributed by atoms with E-state index >= 15 is 0 Å². The first-order chi connectivity index (χ1) is 17.5. The minimum atomic E-state index is -0.663. The van der Waals surface area contributed by atoms with E-state index in [1.165, 1.54) is 25.3 Å². The zero-order chi connectivity index (χ0) is 24.8. The number of hydrogen-bond donors (Lipinski definition) is 0. The number of piperidine rings is 1. The fraction of sp³-hybridized carbons (Fsp3) is 0.444. The highest BCUT2D eigenvalue weighted by Gasteiger charge is 2.42. The van der Waals surface area contributed by atoms with Gasteiger partial charge in [0.05, 0.1) is 30.9 Å². The second-order valence-corrected chi connectivity index (χ2v) is 9.84. The number of fused-ring (bicyclic) bond motifs is 2. The third-order valence-corrected chi connectivity index (χ3v) is 7.55. The Bertz CT molecular complexity index is 1240. The van der Waals surface area contributed by atoms with Gasteiger partial charge < -0.3 is 18.9 Å². The molecule has 0 amide bonds. The first-order valence-electron chi connectivity index (χ1n) is 12.4. The average molecular weight is 496 g/mol. The van der Waals surface area contributed by atoms with E-state index in [1.54, 1.807) is 12.3 Å². The number of hydrogen-bond acceptors (Lipinski definition) is 7. The summed E-state index contributed by atoms with van der Waals surface area (Å²) in [5, 5.41) is 4.07. The summed E-state index contributed by atoms with van der Waals surface area (Å²) in [6.45, 7) is 0.203. The van der Waals surface area contributed by atoms with Crippen LogP contribution in [0.2, 0.25) is 0 Å². The molecule has 3 aliphatic rings. The molecule has 188 valence electrons. The molecule has 6 rings (SSSR count). The molecule has 7 nitrogen and oxygen atoms in total. The van der Waals surface area contributed by atoms with E-state index in [1.807, 2.05) is 6.07 Å². The van der Waals surface area contributed by atoms with Crippen molar-refractivity contribution in [3.63, 3.8) is 0 Å². The second-order valence-electron chi connectivity index (χ2n) is 9.84. The molecule has 3 fully saturated rings. The standard InChI is InChI=1S/C27H27F2N3O4/c1-34-27(33)16-7-10-23(30-13-16)32-17-8-9-18(32)12-19(11-17)35-14-20-25(31-36-26(20)15-5-6-15)24-21(28)3-2-4-22(24)29/h2-4,7,10,13,15,17-19H,5-6,8-9,11-12,14H2,1H3/t17-,18+,19?. The highest BCUT2D eigenvalue weighted by molar-refractivity contribution is 5.89. The SMILES string of the molecule is COC(=O)c1ccc(N2[C@@H]3CC[C@H]2CC(OCc2c(-c4c(F)cccc4F)noc2C2CC2)C3)nc1. The Balaban J connectivity index is 1.18. The number of nitrogens with zero attached hydrogens (tertiary/aromatic N) is 3. The van der Waals surface area contributed by atoms with Gasteiger partial charge >= 0.3 is 5.97 Å². The van der Waals surface area contributed by atoms with Crippen molar-refractivity contribution in [1.82, 2.24) is 10.1 Å². The molecule has 36 heavy (non-hydrogen) atoms. The average Bonchev–Trinajstić information content (AvgIpc) is 3.59. The molecule has 1 aliphatic carbocycles. The Labute approximate surface area is 207 Å². The molecule has 2 saturated heterocycles. The van der Waals surface area contributed by atoms with Crippen molar-refractivity contribution in [2.24, 2.45) is 0 Å². The highest BCUT2D eigenvalue weighted by atomic mass is 19.1. The van der Waals surface area contributed by atoms with Gasteiger partial charge in [0, 0.05) is 29.8 Å². The van der Waals surface area contributed by atoms with E-state index in [-0.39, 0.29) is 42.0 Å². The van der Waals surface area contributed by atoms with Crippen LogP contribution in [0.15, 0.2) is 41.1 Å². The number of carbonyl (C=O) groups is 1. The lowest BCUT2D eigenvalue weighted by molar-refractivity contribution is 0.0146. The minimum absolute atomic E-state index is 0.00774. The van der Waals surface area contributed by atoms with Crippen molar-refractivity contribution >= 4 is 11.8 Å².